The van der Waals surface area contributed by atoms with Crippen molar-refractivity contribution in [3.63, 3.8) is 0 Å². The Morgan fingerprint density at radius 2 is 2.10 bits per heavy atom. The fourth-order valence-corrected chi connectivity index (χ4v) is 2.76. The number of aromatic nitrogens is 5. The zero-order chi connectivity index (χ0) is 21.8. The minimum absolute atomic E-state index is 0.0255. The molecular formula is C19H16N8O4. The van der Waals surface area contributed by atoms with Crippen LogP contribution in [-0.4, -0.2) is 49.6 Å². The third-order valence-electron chi connectivity index (χ3n) is 4.23. The van der Waals surface area contributed by atoms with E-state index >= 15 is 0 Å². The predicted octanol–water partition coefficient (Wildman–Crippen LogP) is 1.38. The van der Waals surface area contributed by atoms with Gasteiger partial charge in [-0.25, -0.2) is 10.1 Å². The summed E-state index contributed by atoms with van der Waals surface area (Å²) < 4.78 is 11.1. The maximum atomic E-state index is 12.8. The first-order valence-corrected chi connectivity index (χ1v) is 8.88. The van der Waals surface area contributed by atoms with Crippen LogP contribution in [0.3, 0.4) is 0 Å². The van der Waals surface area contributed by atoms with Gasteiger partial charge in [-0.3, -0.25) is 4.79 Å². The summed E-state index contributed by atoms with van der Waals surface area (Å²) >= 11 is 0. The van der Waals surface area contributed by atoms with E-state index in [-0.39, 0.29) is 28.8 Å². The quantitative estimate of drug-likeness (QED) is 0.308. The average Bonchev–Trinajstić information content (AvgIpc) is 3.41. The molecule has 0 radical (unpaired) electrons. The molecule has 0 saturated heterocycles. The van der Waals surface area contributed by atoms with Crippen molar-refractivity contribution in [3.05, 3.63) is 59.8 Å². The Hall–Kier alpha value is -4.74. The van der Waals surface area contributed by atoms with Gasteiger partial charge in [0.1, 0.15) is 17.2 Å². The molecular weight excluding hydrogens is 404 g/mol. The van der Waals surface area contributed by atoms with Gasteiger partial charge in [-0.2, -0.15) is 9.78 Å². The highest BCUT2D eigenvalue weighted by Crippen LogP contribution is 2.29. The SMILES string of the molecule is COc1cccc(-c2c(C(=O)NN=Cc3ccccc3O)nnn2-c2nonc2N)c1. The number of hydrogen-bond acceptors (Lipinski definition) is 10. The number of para-hydroxylation sites is 1. The summed E-state index contributed by atoms with van der Waals surface area (Å²) in [7, 11) is 1.52. The van der Waals surface area contributed by atoms with Crippen molar-refractivity contribution < 1.29 is 19.3 Å². The van der Waals surface area contributed by atoms with Crippen LogP contribution in [0.2, 0.25) is 0 Å². The van der Waals surface area contributed by atoms with Crippen molar-refractivity contribution in [1.82, 2.24) is 30.7 Å². The van der Waals surface area contributed by atoms with E-state index in [4.69, 9.17) is 10.5 Å². The van der Waals surface area contributed by atoms with Gasteiger partial charge in [0.15, 0.2) is 5.69 Å². The summed E-state index contributed by atoms with van der Waals surface area (Å²) in [5.74, 6) is -0.0237. The zero-order valence-corrected chi connectivity index (χ0v) is 16.1. The number of carbonyl (C=O) groups excluding carboxylic acids is 1. The van der Waals surface area contributed by atoms with Crippen LogP contribution < -0.4 is 15.9 Å². The minimum atomic E-state index is -0.647. The molecule has 0 aliphatic heterocycles. The van der Waals surface area contributed by atoms with Gasteiger partial charge in [0.05, 0.1) is 13.3 Å². The van der Waals surface area contributed by atoms with Crippen LogP contribution in [0.4, 0.5) is 5.82 Å². The Kier molecular flexibility index (Phi) is 5.26. The number of nitrogens with two attached hydrogens (primary N) is 1. The molecule has 1 amide bonds. The third kappa shape index (κ3) is 3.89. The number of carbonyl (C=O) groups is 1. The predicted molar refractivity (Wildman–Crippen MR) is 109 cm³/mol. The van der Waals surface area contributed by atoms with E-state index in [0.29, 0.717) is 16.9 Å². The molecule has 4 rings (SSSR count). The van der Waals surface area contributed by atoms with Crippen LogP contribution in [-0.2, 0) is 0 Å². The van der Waals surface area contributed by atoms with Crippen molar-refractivity contribution in [2.75, 3.05) is 12.8 Å². The number of hydrazone groups is 1. The number of methoxy groups -OCH3 is 1. The van der Waals surface area contributed by atoms with Gasteiger partial charge in [0.25, 0.3) is 5.91 Å². The summed E-state index contributed by atoms with van der Waals surface area (Å²) in [5.41, 5.74) is 9.37. The molecule has 0 aliphatic rings. The van der Waals surface area contributed by atoms with E-state index in [1.54, 1.807) is 42.5 Å². The second-order valence-electron chi connectivity index (χ2n) is 6.16. The van der Waals surface area contributed by atoms with Crippen molar-refractivity contribution in [1.29, 1.82) is 0 Å². The lowest BCUT2D eigenvalue weighted by atomic mass is 10.1. The molecule has 2 aromatic heterocycles. The van der Waals surface area contributed by atoms with Crippen LogP contribution in [0.5, 0.6) is 11.5 Å². The number of nitrogens with zero attached hydrogens (tertiary/aromatic N) is 6. The first kappa shape index (κ1) is 19.6. The molecule has 31 heavy (non-hydrogen) atoms. The first-order valence-electron chi connectivity index (χ1n) is 8.88. The fourth-order valence-electron chi connectivity index (χ4n) is 2.76. The molecule has 0 saturated carbocycles. The Bertz CT molecular complexity index is 1260. The van der Waals surface area contributed by atoms with Crippen LogP contribution in [0.1, 0.15) is 16.1 Å². The molecule has 4 aromatic rings. The molecule has 0 atom stereocenters. The van der Waals surface area contributed by atoms with Gasteiger partial charge < -0.3 is 15.6 Å². The van der Waals surface area contributed by atoms with E-state index in [9.17, 15) is 9.90 Å². The normalized spacial score (nSPS) is 11.0. The molecule has 0 bridgehead atoms. The van der Waals surface area contributed by atoms with Gasteiger partial charge in [-0.05, 0) is 34.6 Å². The summed E-state index contributed by atoms with van der Waals surface area (Å²) in [6.45, 7) is 0. The van der Waals surface area contributed by atoms with Crippen molar-refractivity contribution in [2.24, 2.45) is 5.10 Å². The lowest BCUT2D eigenvalue weighted by Crippen LogP contribution is -2.19. The largest absolute Gasteiger partial charge is 0.507 e. The Labute approximate surface area is 174 Å². The maximum absolute atomic E-state index is 12.8. The molecule has 2 heterocycles. The lowest BCUT2D eigenvalue weighted by molar-refractivity contribution is 0.0950. The lowest BCUT2D eigenvalue weighted by Gasteiger charge is -2.07. The number of anilines is 1. The summed E-state index contributed by atoms with van der Waals surface area (Å²) in [6, 6.07) is 13.5. The smallest absolute Gasteiger partial charge is 0.294 e. The number of benzene rings is 2. The highest BCUT2D eigenvalue weighted by atomic mass is 16.6. The van der Waals surface area contributed by atoms with E-state index < -0.39 is 5.91 Å². The Balaban J connectivity index is 1.72. The minimum Gasteiger partial charge on any atom is -0.507 e. The van der Waals surface area contributed by atoms with Gasteiger partial charge in [-0.1, -0.05) is 29.5 Å². The molecule has 0 spiro atoms. The topological polar surface area (TPSA) is 167 Å². The molecule has 0 unspecified atom stereocenters. The summed E-state index contributed by atoms with van der Waals surface area (Å²) in [6.07, 6.45) is 1.31. The van der Waals surface area contributed by atoms with E-state index in [1.165, 1.54) is 24.1 Å². The highest BCUT2D eigenvalue weighted by molar-refractivity contribution is 5.99. The highest BCUT2D eigenvalue weighted by Gasteiger charge is 2.25. The monoisotopic (exact) mass is 420 g/mol. The van der Waals surface area contributed by atoms with Crippen molar-refractivity contribution in [2.45, 2.75) is 0 Å². The van der Waals surface area contributed by atoms with Crippen molar-refractivity contribution >= 4 is 17.9 Å². The standard InChI is InChI=1S/C19H16N8O4/c1-30-13-7-4-6-11(9-13)16-15(22-26-27(16)18-17(20)24-31-25-18)19(29)23-21-10-12-5-2-3-8-14(12)28/h2-10,28H,1H3,(H2,20,24)(H,23,29). The molecule has 2 aromatic carbocycles. The van der Waals surface area contributed by atoms with Crippen molar-refractivity contribution in [3.8, 4) is 28.6 Å². The van der Waals surface area contributed by atoms with Crippen LogP contribution in [0.25, 0.3) is 17.1 Å². The van der Waals surface area contributed by atoms with Gasteiger partial charge in [-0.15, -0.1) is 5.10 Å². The van der Waals surface area contributed by atoms with Gasteiger partial charge >= 0.3 is 0 Å². The zero-order valence-electron chi connectivity index (χ0n) is 16.1. The van der Waals surface area contributed by atoms with Crippen LogP contribution in [0, 0.1) is 0 Å². The second-order valence-corrected chi connectivity index (χ2v) is 6.16. The Morgan fingerprint density at radius 3 is 2.84 bits per heavy atom. The number of ether oxygens (including phenoxy) is 1. The molecule has 156 valence electrons. The van der Waals surface area contributed by atoms with E-state index in [2.05, 4.69) is 35.8 Å². The third-order valence-corrected chi connectivity index (χ3v) is 4.23. The van der Waals surface area contributed by atoms with Gasteiger partial charge in [0.2, 0.25) is 11.6 Å². The molecule has 12 heteroatoms. The van der Waals surface area contributed by atoms with Gasteiger partial charge in [0, 0.05) is 11.1 Å². The number of nitrogens with one attached hydrogen (secondary N) is 1. The van der Waals surface area contributed by atoms with Crippen LogP contribution >= 0.6 is 0 Å². The number of phenolic OH excluding ortho intramolecular Hbond substituents is 1. The second kappa shape index (κ2) is 8.32. The number of nitrogen functional groups attached to an aromatic ring is 1. The number of aromatic hydroxyl groups is 1. The number of rotatable bonds is 6. The van der Waals surface area contributed by atoms with E-state index in [0.717, 1.165) is 0 Å². The maximum Gasteiger partial charge on any atom is 0.294 e. The number of hydrogen-bond donors (Lipinski definition) is 3. The molecule has 4 N–H and O–H groups in total. The molecule has 0 fully saturated rings. The molecule has 0 aliphatic carbocycles. The fraction of sp³-hybridized carbons (Fsp3) is 0.0526. The Morgan fingerprint density at radius 1 is 1.26 bits per heavy atom. The van der Waals surface area contributed by atoms with E-state index in [1.807, 2.05) is 0 Å². The first-order chi connectivity index (χ1) is 15.1. The number of amides is 1. The average molecular weight is 420 g/mol. The van der Waals surface area contributed by atoms with Crippen LogP contribution in [0.15, 0.2) is 58.3 Å². The molecule has 12 nitrogen and oxygen atoms in total. The summed E-state index contributed by atoms with van der Waals surface area (Å²) in [4.78, 5) is 12.8. The number of phenols is 1. The summed E-state index contributed by atoms with van der Waals surface area (Å²) in [5, 5.41) is 28.9.